The summed E-state index contributed by atoms with van der Waals surface area (Å²) in [7, 11) is 0. The molecule has 0 bridgehead atoms. The number of benzene rings is 1. The Kier molecular flexibility index (Phi) is 2.29. The van der Waals surface area contributed by atoms with Gasteiger partial charge in [0.05, 0.1) is 5.97 Å². The number of carboxylic acids is 1. The number of hydrogen-bond acceptors (Lipinski definition) is 2. The summed E-state index contributed by atoms with van der Waals surface area (Å²) in [6.07, 6.45) is 0. The van der Waals surface area contributed by atoms with Crippen molar-refractivity contribution in [2.24, 2.45) is 0 Å². The Hall–Kier alpha value is -0.830. The normalized spacial score (nSPS) is 9.64. The second-order valence-electron chi connectivity index (χ2n) is 2.25. The topological polar surface area (TPSA) is 40.1 Å². The lowest BCUT2D eigenvalue weighted by Gasteiger charge is -2.05. The maximum absolute atomic E-state index is 10.4. The average molecular weight is 214 g/mol. The van der Waals surface area contributed by atoms with E-state index < -0.39 is 5.97 Å². The van der Waals surface area contributed by atoms with Gasteiger partial charge in [-0.2, -0.15) is 0 Å². The SMILES string of the molecule is Cc1ccc(Br)cc1C(=O)[O-]. The summed E-state index contributed by atoms with van der Waals surface area (Å²) in [6, 6.07) is 5.06. The Morgan fingerprint density at radius 1 is 1.55 bits per heavy atom. The minimum atomic E-state index is -1.14. The fraction of sp³-hybridized carbons (Fsp3) is 0.125. The molecule has 58 valence electrons. The summed E-state index contributed by atoms with van der Waals surface area (Å²) in [4.78, 5) is 10.4. The number of carbonyl (C=O) groups excluding carboxylic acids is 1. The maximum Gasteiger partial charge on any atom is 0.0718 e. The first-order valence-electron chi connectivity index (χ1n) is 3.09. The molecule has 0 heterocycles. The molecule has 0 aliphatic heterocycles. The van der Waals surface area contributed by atoms with Gasteiger partial charge >= 0.3 is 0 Å². The predicted molar refractivity (Wildman–Crippen MR) is 43.2 cm³/mol. The van der Waals surface area contributed by atoms with Crippen molar-refractivity contribution in [1.29, 1.82) is 0 Å². The predicted octanol–water partition coefficient (Wildman–Crippen LogP) is 1.12. The fourth-order valence-electron chi connectivity index (χ4n) is 0.814. The summed E-state index contributed by atoms with van der Waals surface area (Å²) in [6.45, 7) is 1.73. The molecule has 0 atom stereocenters. The van der Waals surface area contributed by atoms with Gasteiger partial charge in [0, 0.05) is 10.0 Å². The summed E-state index contributed by atoms with van der Waals surface area (Å²) in [5.41, 5.74) is 0.951. The number of hydrogen-bond donors (Lipinski definition) is 0. The highest BCUT2D eigenvalue weighted by Gasteiger charge is 1.98. The molecular weight excluding hydrogens is 208 g/mol. The lowest BCUT2D eigenvalue weighted by molar-refractivity contribution is -0.255. The van der Waals surface area contributed by atoms with Crippen LogP contribution in [0.3, 0.4) is 0 Å². The van der Waals surface area contributed by atoms with Gasteiger partial charge in [-0.15, -0.1) is 0 Å². The first kappa shape index (κ1) is 8.27. The molecule has 1 rings (SSSR count). The van der Waals surface area contributed by atoms with Crippen LogP contribution in [-0.2, 0) is 0 Å². The first-order valence-corrected chi connectivity index (χ1v) is 3.88. The summed E-state index contributed by atoms with van der Waals surface area (Å²) < 4.78 is 0.752. The van der Waals surface area contributed by atoms with E-state index in [1.807, 2.05) is 0 Å². The van der Waals surface area contributed by atoms with Crippen molar-refractivity contribution >= 4 is 21.9 Å². The summed E-state index contributed by atoms with van der Waals surface area (Å²) >= 11 is 3.17. The summed E-state index contributed by atoms with van der Waals surface area (Å²) in [5, 5.41) is 10.4. The third-order valence-corrected chi connectivity index (χ3v) is 1.91. The van der Waals surface area contributed by atoms with Crippen molar-refractivity contribution < 1.29 is 9.90 Å². The van der Waals surface area contributed by atoms with Gasteiger partial charge in [-0.25, -0.2) is 0 Å². The molecule has 2 nitrogen and oxygen atoms in total. The van der Waals surface area contributed by atoms with Crippen molar-refractivity contribution in [3.05, 3.63) is 33.8 Å². The van der Waals surface area contributed by atoms with E-state index in [-0.39, 0.29) is 5.56 Å². The zero-order chi connectivity index (χ0) is 8.43. The molecule has 0 saturated carbocycles. The van der Waals surface area contributed by atoms with Crippen LogP contribution < -0.4 is 5.11 Å². The average Bonchev–Trinajstić information content (AvgIpc) is 1.94. The molecule has 0 saturated heterocycles. The van der Waals surface area contributed by atoms with Crippen molar-refractivity contribution in [2.75, 3.05) is 0 Å². The van der Waals surface area contributed by atoms with Crippen LogP contribution >= 0.6 is 15.9 Å². The van der Waals surface area contributed by atoms with Crippen molar-refractivity contribution in [1.82, 2.24) is 0 Å². The van der Waals surface area contributed by atoms with Crippen molar-refractivity contribution in [2.45, 2.75) is 6.92 Å². The van der Waals surface area contributed by atoms with Gasteiger partial charge in [0.15, 0.2) is 0 Å². The Labute approximate surface area is 73.0 Å². The van der Waals surface area contributed by atoms with Crippen LogP contribution in [0.2, 0.25) is 0 Å². The fourth-order valence-corrected chi connectivity index (χ4v) is 1.18. The minimum absolute atomic E-state index is 0.236. The zero-order valence-corrected chi connectivity index (χ0v) is 7.51. The molecule has 1 aromatic carbocycles. The molecule has 0 N–H and O–H groups in total. The monoisotopic (exact) mass is 213 g/mol. The van der Waals surface area contributed by atoms with Crippen LogP contribution in [0.1, 0.15) is 15.9 Å². The highest BCUT2D eigenvalue weighted by atomic mass is 79.9. The second kappa shape index (κ2) is 3.05. The lowest BCUT2D eigenvalue weighted by Crippen LogP contribution is -2.23. The van der Waals surface area contributed by atoms with E-state index in [0.717, 1.165) is 4.47 Å². The molecule has 3 heteroatoms. The van der Waals surface area contributed by atoms with E-state index in [1.165, 1.54) is 6.07 Å². The zero-order valence-electron chi connectivity index (χ0n) is 5.93. The number of carboxylic acid groups (broad SMARTS) is 1. The quantitative estimate of drug-likeness (QED) is 0.702. The van der Waals surface area contributed by atoms with Gasteiger partial charge in [-0.05, 0) is 24.6 Å². The molecule has 0 aromatic heterocycles. The third-order valence-electron chi connectivity index (χ3n) is 1.42. The lowest BCUT2D eigenvalue weighted by atomic mass is 10.1. The van der Waals surface area contributed by atoms with E-state index in [0.29, 0.717) is 5.56 Å². The molecular formula is C8H6BrO2-. The number of aromatic carboxylic acids is 1. The highest BCUT2D eigenvalue weighted by Crippen LogP contribution is 2.14. The Balaban J connectivity index is 3.23. The number of halogens is 1. The van der Waals surface area contributed by atoms with Crippen molar-refractivity contribution in [3.63, 3.8) is 0 Å². The number of aryl methyl sites for hydroxylation is 1. The Morgan fingerprint density at radius 2 is 2.18 bits per heavy atom. The maximum atomic E-state index is 10.4. The third kappa shape index (κ3) is 1.80. The molecule has 0 amide bonds. The Bertz CT molecular complexity index is 294. The number of rotatable bonds is 1. The van der Waals surface area contributed by atoms with Gasteiger partial charge in [0.1, 0.15) is 0 Å². The highest BCUT2D eigenvalue weighted by molar-refractivity contribution is 9.10. The number of carbonyl (C=O) groups is 1. The minimum Gasteiger partial charge on any atom is -0.545 e. The molecule has 0 aliphatic carbocycles. The van der Waals surface area contributed by atoms with Crippen LogP contribution in [-0.4, -0.2) is 5.97 Å². The van der Waals surface area contributed by atoms with Crippen LogP contribution in [0, 0.1) is 6.92 Å². The van der Waals surface area contributed by atoms with Crippen LogP contribution in [0.25, 0.3) is 0 Å². The summed E-state index contributed by atoms with van der Waals surface area (Å²) in [5.74, 6) is -1.14. The van der Waals surface area contributed by atoms with E-state index in [9.17, 15) is 9.90 Å². The standard InChI is InChI=1S/C8H7BrO2/c1-5-2-3-6(9)4-7(5)8(10)11/h2-4H,1H3,(H,10,11)/p-1. The van der Waals surface area contributed by atoms with E-state index in [2.05, 4.69) is 15.9 Å². The Morgan fingerprint density at radius 3 is 2.64 bits per heavy atom. The van der Waals surface area contributed by atoms with Gasteiger partial charge in [-0.1, -0.05) is 22.0 Å². The van der Waals surface area contributed by atoms with Crippen LogP contribution in [0.5, 0.6) is 0 Å². The van der Waals surface area contributed by atoms with Gasteiger partial charge in [0.2, 0.25) is 0 Å². The molecule has 0 unspecified atom stereocenters. The molecule has 0 fully saturated rings. The molecule has 0 aliphatic rings. The van der Waals surface area contributed by atoms with Gasteiger partial charge < -0.3 is 9.90 Å². The van der Waals surface area contributed by atoms with Gasteiger partial charge in [-0.3, -0.25) is 0 Å². The molecule has 11 heavy (non-hydrogen) atoms. The van der Waals surface area contributed by atoms with Gasteiger partial charge in [0.25, 0.3) is 0 Å². The van der Waals surface area contributed by atoms with Crippen LogP contribution in [0.15, 0.2) is 22.7 Å². The molecule has 0 radical (unpaired) electrons. The van der Waals surface area contributed by atoms with E-state index in [4.69, 9.17) is 0 Å². The second-order valence-corrected chi connectivity index (χ2v) is 3.16. The van der Waals surface area contributed by atoms with E-state index >= 15 is 0 Å². The largest absolute Gasteiger partial charge is 0.545 e. The molecule has 0 spiro atoms. The van der Waals surface area contributed by atoms with E-state index in [1.54, 1.807) is 19.1 Å². The smallest absolute Gasteiger partial charge is 0.0718 e. The molecule has 1 aromatic rings. The first-order chi connectivity index (χ1) is 5.11. The van der Waals surface area contributed by atoms with Crippen molar-refractivity contribution in [3.8, 4) is 0 Å². The van der Waals surface area contributed by atoms with Crippen LogP contribution in [0.4, 0.5) is 0 Å².